The maximum absolute atomic E-state index is 12.2. The van der Waals surface area contributed by atoms with Gasteiger partial charge < -0.3 is 4.90 Å². The van der Waals surface area contributed by atoms with Gasteiger partial charge in [0.15, 0.2) is 0 Å². The van der Waals surface area contributed by atoms with Crippen LogP contribution in [-0.2, 0) is 4.79 Å². The average molecular weight is 238 g/mol. The van der Waals surface area contributed by atoms with E-state index in [0.717, 1.165) is 18.5 Å². The number of nitrogens with zero attached hydrogens (tertiary/aromatic N) is 1. The summed E-state index contributed by atoms with van der Waals surface area (Å²) in [4.78, 5) is 14.0. The third kappa shape index (κ3) is 2.38. The molecule has 0 bridgehead atoms. The van der Waals surface area contributed by atoms with E-state index in [-0.39, 0.29) is 17.2 Å². The van der Waals surface area contributed by atoms with Crippen LogP contribution in [0.2, 0.25) is 0 Å². The highest BCUT2D eigenvalue weighted by Gasteiger charge is 2.28. The molecule has 1 aromatic rings. The van der Waals surface area contributed by atoms with Crippen LogP contribution in [0.1, 0.15) is 24.8 Å². The van der Waals surface area contributed by atoms with Crippen LogP contribution in [0.4, 0.5) is 0 Å². The summed E-state index contributed by atoms with van der Waals surface area (Å²) in [5.41, 5.74) is 1.07. The Morgan fingerprint density at radius 1 is 1.44 bits per heavy atom. The molecule has 0 aliphatic carbocycles. The van der Waals surface area contributed by atoms with E-state index in [1.165, 1.54) is 0 Å². The molecule has 3 heteroatoms. The topological polar surface area (TPSA) is 20.3 Å². The molecule has 1 aromatic carbocycles. The lowest BCUT2D eigenvalue weighted by Gasteiger charge is -2.20. The third-order valence-electron chi connectivity index (χ3n) is 3.11. The van der Waals surface area contributed by atoms with Crippen LogP contribution in [0.15, 0.2) is 30.3 Å². The van der Waals surface area contributed by atoms with Crippen molar-refractivity contribution in [2.75, 3.05) is 13.1 Å². The zero-order valence-electron chi connectivity index (χ0n) is 9.40. The van der Waals surface area contributed by atoms with Crippen molar-refractivity contribution in [1.82, 2.24) is 4.90 Å². The van der Waals surface area contributed by atoms with Gasteiger partial charge in [-0.3, -0.25) is 4.79 Å². The van der Waals surface area contributed by atoms with Gasteiger partial charge in [-0.1, -0.05) is 30.3 Å². The van der Waals surface area contributed by atoms with Crippen molar-refractivity contribution >= 4 is 17.5 Å². The van der Waals surface area contributed by atoms with Crippen LogP contribution in [0.25, 0.3) is 0 Å². The molecule has 1 heterocycles. The fourth-order valence-electron chi connectivity index (χ4n) is 2.08. The Hall–Kier alpha value is -1.02. The van der Waals surface area contributed by atoms with Crippen molar-refractivity contribution in [3.63, 3.8) is 0 Å². The molecule has 0 spiro atoms. The molecule has 16 heavy (non-hydrogen) atoms. The summed E-state index contributed by atoms with van der Waals surface area (Å²) in [5.74, 6) is 0.123. The van der Waals surface area contributed by atoms with Gasteiger partial charge in [0.25, 0.3) is 0 Å². The van der Waals surface area contributed by atoms with E-state index in [0.29, 0.717) is 6.54 Å². The maximum atomic E-state index is 12.2. The van der Waals surface area contributed by atoms with Gasteiger partial charge in [-0.25, -0.2) is 0 Å². The van der Waals surface area contributed by atoms with E-state index in [4.69, 9.17) is 11.6 Å². The Morgan fingerprint density at radius 2 is 2.12 bits per heavy atom. The molecule has 0 radical (unpaired) electrons. The van der Waals surface area contributed by atoms with E-state index in [2.05, 4.69) is 0 Å². The van der Waals surface area contributed by atoms with E-state index >= 15 is 0 Å². The summed E-state index contributed by atoms with van der Waals surface area (Å²) in [5, 5.41) is 0.131. The van der Waals surface area contributed by atoms with Crippen LogP contribution in [-0.4, -0.2) is 29.3 Å². The van der Waals surface area contributed by atoms with Crippen LogP contribution in [0.3, 0.4) is 0 Å². The Morgan fingerprint density at radius 3 is 2.69 bits per heavy atom. The second-order valence-electron chi connectivity index (χ2n) is 4.30. The fourth-order valence-corrected chi connectivity index (χ4v) is 2.34. The average Bonchev–Trinajstić information content (AvgIpc) is 2.75. The van der Waals surface area contributed by atoms with E-state index < -0.39 is 0 Å². The van der Waals surface area contributed by atoms with E-state index in [9.17, 15) is 4.79 Å². The minimum Gasteiger partial charge on any atom is -0.341 e. The molecule has 2 atom stereocenters. The summed E-state index contributed by atoms with van der Waals surface area (Å²) in [6.45, 7) is 3.45. The Balaban J connectivity index is 2.05. The van der Waals surface area contributed by atoms with Crippen molar-refractivity contribution in [3.05, 3.63) is 35.9 Å². The SMILES string of the molecule is CC(C(=O)N1CCC(Cl)C1)c1ccccc1. The minimum absolute atomic E-state index is 0.0665. The predicted molar refractivity (Wildman–Crippen MR) is 65.7 cm³/mol. The minimum atomic E-state index is -0.0665. The largest absolute Gasteiger partial charge is 0.341 e. The molecule has 0 saturated carbocycles. The molecule has 1 aliphatic rings. The second kappa shape index (κ2) is 4.88. The molecule has 1 saturated heterocycles. The second-order valence-corrected chi connectivity index (χ2v) is 4.92. The first-order valence-corrected chi connectivity index (χ1v) is 6.10. The number of likely N-dealkylation sites (tertiary alicyclic amines) is 1. The first-order chi connectivity index (χ1) is 7.68. The molecular weight excluding hydrogens is 222 g/mol. The van der Waals surface area contributed by atoms with Gasteiger partial charge >= 0.3 is 0 Å². The number of benzene rings is 1. The lowest BCUT2D eigenvalue weighted by atomic mass is 10.00. The van der Waals surface area contributed by atoms with Gasteiger partial charge in [-0.15, -0.1) is 11.6 Å². The van der Waals surface area contributed by atoms with Gasteiger partial charge in [-0.05, 0) is 18.9 Å². The number of hydrogen-bond donors (Lipinski definition) is 0. The van der Waals surface area contributed by atoms with Crippen LogP contribution < -0.4 is 0 Å². The van der Waals surface area contributed by atoms with Crippen molar-refractivity contribution in [2.45, 2.75) is 24.6 Å². The Labute approximate surface area is 101 Å². The summed E-state index contributed by atoms with van der Waals surface area (Å²) < 4.78 is 0. The smallest absolute Gasteiger partial charge is 0.229 e. The van der Waals surface area contributed by atoms with Gasteiger partial charge in [0.2, 0.25) is 5.91 Å². The number of carbonyl (C=O) groups excluding carboxylic acids is 1. The zero-order valence-corrected chi connectivity index (χ0v) is 10.2. The van der Waals surface area contributed by atoms with Crippen molar-refractivity contribution in [1.29, 1.82) is 0 Å². The molecule has 2 unspecified atom stereocenters. The maximum Gasteiger partial charge on any atom is 0.229 e. The normalized spacial score (nSPS) is 22.1. The molecule has 0 N–H and O–H groups in total. The number of carbonyl (C=O) groups is 1. The predicted octanol–water partition coefficient (Wildman–Crippen LogP) is 2.63. The molecule has 0 aromatic heterocycles. The molecule has 1 aliphatic heterocycles. The molecule has 2 rings (SSSR count). The summed E-state index contributed by atoms with van der Waals surface area (Å²) >= 11 is 6.01. The number of rotatable bonds is 2. The third-order valence-corrected chi connectivity index (χ3v) is 3.47. The number of alkyl halides is 1. The summed E-state index contributed by atoms with van der Waals surface area (Å²) in [6, 6.07) is 9.89. The van der Waals surface area contributed by atoms with Crippen LogP contribution >= 0.6 is 11.6 Å². The van der Waals surface area contributed by atoms with E-state index in [1.807, 2.05) is 42.2 Å². The van der Waals surface area contributed by atoms with Crippen molar-refractivity contribution in [3.8, 4) is 0 Å². The Bertz CT molecular complexity index is 365. The van der Waals surface area contributed by atoms with Crippen LogP contribution in [0, 0.1) is 0 Å². The highest BCUT2D eigenvalue weighted by molar-refractivity contribution is 6.21. The number of halogens is 1. The Kier molecular flexibility index (Phi) is 3.49. The monoisotopic (exact) mass is 237 g/mol. The van der Waals surface area contributed by atoms with Gasteiger partial charge in [-0.2, -0.15) is 0 Å². The zero-order chi connectivity index (χ0) is 11.5. The summed E-state index contributed by atoms with van der Waals surface area (Å²) in [6.07, 6.45) is 0.912. The first-order valence-electron chi connectivity index (χ1n) is 5.66. The van der Waals surface area contributed by atoms with Gasteiger partial charge in [0.05, 0.1) is 11.3 Å². The van der Waals surface area contributed by atoms with Gasteiger partial charge in [0.1, 0.15) is 0 Å². The lowest BCUT2D eigenvalue weighted by molar-refractivity contribution is -0.131. The highest BCUT2D eigenvalue weighted by Crippen LogP contribution is 2.22. The van der Waals surface area contributed by atoms with Crippen molar-refractivity contribution in [2.24, 2.45) is 0 Å². The molecular formula is C13H16ClNO. The highest BCUT2D eigenvalue weighted by atomic mass is 35.5. The lowest BCUT2D eigenvalue weighted by Crippen LogP contribution is -2.32. The van der Waals surface area contributed by atoms with E-state index in [1.54, 1.807) is 0 Å². The number of hydrogen-bond acceptors (Lipinski definition) is 1. The summed E-state index contributed by atoms with van der Waals surface area (Å²) in [7, 11) is 0. The van der Waals surface area contributed by atoms with Crippen LogP contribution in [0.5, 0.6) is 0 Å². The van der Waals surface area contributed by atoms with Gasteiger partial charge in [0, 0.05) is 13.1 Å². The molecule has 86 valence electrons. The fraction of sp³-hybridized carbons (Fsp3) is 0.462. The standard InChI is InChI=1S/C13H16ClNO/c1-10(11-5-3-2-4-6-11)13(16)15-8-7-12(14)9-15/h2-6,10,12H,7-9H2,1H3. The van der Waals surface area contributed by atoms with Crippen molar-refractivity contribution < 1.29 is 4.79 Å². The first kappa shape index (κ1) is 11.5. The molecule has 1 fully saturated rings. The molecule has 1 amide bonds. The number of amides is 1. The molecule has 2 nitrogen and oxygen atoms in total. The quantitative estimate of drug-likeness (QED) is 0.725.